The molecule has 3 rings (SSSR count). The van der Waals surface area contributed by atoms with E-state index in [4.69, 9.17) is 5.73 Å². The van der Waals surface area contributed by atoms with Crippen molar-refractivity contribution in [3.8, 4) is 0 Å². The summed E-state index contributed by atoms with van der Waals surface area (Å²) in [6.07, 6.45) is 10.8. The van der Waals surface area contributed by atoms with Crippen LogP contribution in [0.1, 0.15) is 51.4 Å². The van der Waals surface area contributed by atoms with Gasteiger partial charge in [0.05, 0.1) is 0 Å². The number of hydrogen-bond acceptors (Lipinski definition) is 3. The predicted molar refractivity (Wildman–Crippen MR) is 75.7 cm³/mol. The molecule has 3 aliphatic rings. The van der Waals surface area contributed by atoms with Crippen LogP contribution in [0.4, 0.5) is 0 Å². The van der Waals surface area contributed by atoms with Crippen LogP contribution in [0.15, 0.2) is 0 Å². The number of piperidine rings is 1. The Morgan fingerprint density at radius 1 is 0.944 bits per heavy atom. The van der Waals surface area contributed by atoms with Gasteiger partial charge in [0.2, 0.25) is 0 Å². The largest absolute Gasteiger partial charge is 0.324 e. The highest BCUT2D eigenvalue weighted by Crippen LogP contribution is 2.29. The van der Waals surface area contributed by atoms with E-state index in [1.54, 1.807) is 0 Å². The van der Waals surface area contributed by atoms with Crippen molar-refractivity contribution in [1.29, 1.82) is 0 Å². The van der Waals surface area contributed by atoms with Gasteiger partial charge in [-0.25, -0.2) is 0 Å². The van der Waals surface area contributed by atoms with E-state index in [2.05, 4.69) is 9.80 Å². The van der Waals surface area contributed by atoms with E-state index in [0.717, 1.165) is 12.6 Å². The fourth-order valence-corrected chi connectivity index (χ4v) is 4.22. The molecule has 0 radical (unpaired) electrons. The Morgan fingerprint density at radius 2 is 1.67 bits per heavy atom. The lowest BCUT2D eigenvalue weighted by Crippen LogP contribution is -2.48. The summed E-state index contributed by atoms with van der Waals surface area (Å²) in [6, 6.07) is 0.829. The minimum absolute atomic E-state index is 0.150. The third kappa shape index (κ3) is 2.89. The Balaban J connectivity index is 1.48. The second-order valence-corrected chi connectivity index (χ2v) is 6.84. The van der Waals surface area contributed by atoms with Crippen molar-refractivity contribution in [3.05, 3.63) is 0 Å². The highest BCUT2D eigenvalue weighted by Gasteiger charge is 2.35. The molecule has 2 aliphatic heterocycles. The first-order chi connectivity index (χ1) is 8.75. The van der Waals surface area contributed by atoms with Crippen LogP contribution in [0.25, 0.3) is 0 Å². The number of nitrogens with two attached hydrogens (primary N) is 1. The zero-order valence-electron chi connectivity index (χ0n) is 11.7. The number of rotatable bonds is 3. The molecule has 1 unspecified atom stereocenters. The maximum absolute atomic E-state index is 6.51. The number of likely N-dealkylation sites (tertiary alicyclic amines) is 2. The topological polar surface area (TPSA) is 32.5 Å². The van der Waals surface area contributed by atoms with Crippen molar-refractivity contribution < 1.29 is 0 Å². The third-order valence-electron chi connectivity index (χ3n) is 5.29. The highest BCUT2D eigenvalue weighted by molar-refractivity contribution is 4.95. The summed E-state index contributed by atoms with van der Waals surface area (Å²) in [5.74, 6) is 0. The van der Waals surface area contributed by atoms with E-state index in [1.165, 1.54) is 77.5 Å². The van der Waals surface area contributed by atoms with Crippen LogP contribution in [0, 0.1) is 0 Å². The van der Waals surface area contributed by atoms with Gasteiger partial charge in [0.1, 0.15) is 0 Å². The molecule has 0 amide bonds. The lowest BCUT2D eigenvalue weighted by Gasteiger charge is -2.33. The van der Waals surface area contributed by atoms with Gasteiger partial charge in [0.15, 0.2) is 0 Å². The lowest BCUT2D eigenvalue weighted by molar-refractivity contribution is 0.156. The summed E-state index contributed by atoms with van der Waals surface area (Å²) in [7, 11) is 0. The molecular formula is C15H29N3. The second-order valence-electron chi connectivity index (χ2n) is 6.84. The van der Waals surface area contributed by atoms with E-state index in [-0.39, 0.29) is 5.54 Å². The molecule has 0 spiro atoms. The first kappa shape index (κ1) is 12.9. The fraction of sp³-hybridized carbons (Fsp3) is 1.00. The van der Waals surface area contributed by atoms with Gasteiger partial charge in [0.25, 0.3) is 0 Å². The molecule has 18 heavy (non-hydrogen) atoms. The Kier molecular flexibility index (Phi) is 3.92. The molecule has 3 fully saturated rings. The molecule has 104 valence electrons. The number of hydrogen-bond donors (Lipinski definition) is 1. The average Bonchev–Trinajstić information content (AvgIpc) is 3.00. The molecule has 0 aromatic heterocycles. The maximum Gasteiger partial charge on any atom is 0.0283 e. The van der Waals surface area contributed by atoms with Crippen LogP contribution in [-0.2, 0) is 0 Å². The fourth-order valence-electron chi connectivity index (χ4n) is 4.22. The molecule has 1 atom stereocenters. The van der Waals surface area contributed by atoms with Crippen LogP contribution >= 0.6 is 0 Å². The summed E-state index contributed by atoms with van der Waals surface area (Å²) in [5.41, 5.74) is 6.66. The molecule has 3 heteroatoms. The SMILES string of the molecule is NC1(CN2CCC(N3CCCCC3)C2)CCCC1. The van der Waals surface area contributed by atoms with Crippen LogP contribution < -0.4 is 5.73 Å². The first-order valence-corrected chi connectivity index (χ1v) is 8.01. The van der Waals surface area contributed by atoms with Crippen molar-refractivity contribution in [2.75, 3.05) is 32.7 Å². The molecule has 1 saturated carbocycles. The Hall–Kier alpha value is -0.120. The van der Waals surface area contributed by atoms with E-state index >= 15 is 0 Å². The lowest BCUT2D eigenvalue weighted by atomic mass is 9.99. The highest BCUT2D eigenvalue weighted by atomic mass is 15.3. The van der Waals surface area contributed by atoms with Gasteiger partial charge < -0.3 is 5.73 Å². The molecule has 3 nitrogen and oxygen atoms in total. The quantitative estimate of drug-likeness (QED) is 0.830. The van der Waals surface area contributed by atoms with E-state index in [1.807, 2.05) is 0 Å². The van der Waals surface area contributed by atoms with Gasteiger partial charge in [-0.05, 0) is 51.7 Å². The van der Waals surface area contributed by atoms with Gasteiger partial charge in [-0.15, -0.1) is 0 Å². The first-order valence-electron chi connectivity index (χ1n) is 8.01. The summed E-state index contributed by atoms with van der Waals surface area (Å²) in [6.45, 7) is 6.38. The summed E-state index contributed by atoms with van der Waals surface area (Å²) in [4.78, 5) is 5.38. The van der Waals surface area contributed by atoms with Crippen molar-refractivity contribution in [2.24, 2.45) is 5.73 Å². The number of nitrogens with zero attached hydrogens (tertiary/aromatic N) is 2. The van der Waals surface area contributed by atoms with Gasteiger partial charge in [0, 0.05) is 24.7 Å². The molecule has 2 N–H and O–H groups in total. The van der Waals surface area contributed by atoms with Crippen LogP contribution in [0.3, 0.4) is 0 Å². The Labute approximate surface area is 112 Å². The molecule has 0 aromatic carbocycles. The zero-order chi connectivity index (χ0) is 12.4. The zero-order valence-corrected chi connectivity index (χ0v) is 11.7. The molecule has 2 heterocycles. The minimum atomic E-state index is 0.150. The predicted octanol–water partition coefficient (Wildman–Crippen LogP) is 1.82. The Bertz CT molecular complexity index is 267. The average molecular weight is 251 g/mol. The van der Waals surface area contributed by atoms with Gasteiger partial charge in [-0.1, -0.05) is 19.3 Å². The summed E-state index contributed by atoms with van der Waals surface area (Å²) >= 11 is 0. The van der Waals surface area contributed by atoms with Crippen LogP contribution in [0.5, 0.6) is 0 Å². The van der Waals surface area contributed by atoms with E-state index < -0.39 is 0 Å². The van der Waals surface area contributed by atoms with Crippen LogP contribution in [0.2, 0.25) is 0 Å². The molecule has 2 saturated heterocycles. The molecular weight excluding hydrogens is 222 g/mol. The van der Waals surface area contributed by atoms with Crippen molar-refractivity contribution in [2.45, 2.75) is 62.9 Å². The van der Waals surface area contributed by atoms with Crippen LogP contribution in [-0.4, -0.2) is 54.1 Å². The molecule has 1 aliphatic carbocycles. The second kappa shape index (κ2) is 5.48. The summed E-state index contributed by atoms with van der Waals surface area (Å²) < 4.78 is 0. The van der Waals surface area contributed by atoms with Gasteiger partial charge >= 0.3 is 0 Å². The molecule has 0 bridgehead atoms. The monoisotopic (exact) mass is 251 g/mol. The van der Waals surface area contributed by atoms with Crippen molar-refractivity contribution in [3.63, 3.8) is 0 Å². The van der Waals surface area contributed by atoms with Gasteiger partial charge in [-0.3, -0.25) is 9.80 Å². The van der Waals surface area contributed by atoms with Crippen molar-refractivity contribution >= 4 is 0 Å². The van der Waals surface area contributed by atoms with Gasteiger partial charge in [-0.2, -0.15) is 0 Å². The normalized spacial score (nSPS) is 34.2. The van der Waals surface area contributed by atoms with Crippen molar-refractivity contribution in [1.82, 2.24) is 9.80 Å². The Morgan fingerprint density at radius 3 is 2.39 bits per heavy atom. The van der Waals surface area contributed by atoms with E-state index in [0.29, 0.717) is 0 Å². The third-order valence-corrected chi connectivity index (χ3v) is 5.29. The minimum Gasteiger partial charge on any atom is -0.324 e. The standard InChI is InChI=1S/C15H29N3/c16-15(7-2-3-8-15)13-17-11-6-14(12-17)18-9-4-1-5-10-18/h14H,1-13,16H2. The summed E-state index contributed by atoms with van der Waals surface area (Å²) in [5, 5.41) is 0. The molecule has 0 aromatic rings. The smallest absolute Gasteiger partial charge is 0.0283 e. The maximum atomic E-state index is 6.51. The van der Waals surface area contributed by atoms with E-state index in [9.17, 15) is 0 Å².